The van der Waals surface area contributed by atoms with Crippen LogP contribution in [0.15, 0.2) is 0 Å². The molecule has 2 unspecified atom stereocenters. The Kier molecular flexibility index (Phi) is 24.4. The number of aliphatic hydroxyl groups is 1. The van der Waals surface area contributed by atoms with Crippen molar-refractivity contribution in [1.29, 1.82) is 0 Å². The van der Waals surface area contributed by atoms with Gasteiger partial charge in [-0.25, -0.2) is 0 Å². The van der Waals surface area contributed by atoms with Gasteiger partial charge < -0.3 is 9.84 Å². The largest absolute Gasteiger partial charge is 0.394 e. The molecule has 0 radical (unpaired) electrons. The van der Waals surface area contributed by atoms with Crippen molar-refractivity contribution in [3.8, 4) is 0 Å². The summed E-state index contributed by atoms with van der Waals surface area (Å²) in [5.74, 6) is 1.25. The van der Waals surface area contributed by atoms with E-state index in [1.165, 1.54) is 103 Å². The lowest BCUT2D eigenvalue weighted by atomic mass is 10.1. The maximum Gasteiger partial charge on any atom is 0.0920 e. The molecule has 176 valence electrons. The molecule has 0 aromatic carbocycles. The molecule has 0 saturated carbocycles. The lowest BCUT2D eigenvalue weighted by molar-refractivity contribution is 0.0255. The minimum atomic E-state index is -0.861. The van der Waals surface area contributed by atoms with Gasteiger partial charge in [0.2, 0.25) is 0 Å². The maximum atomic E-state index is 12.2. The average molecular weight is 433 g/mol. The molecular weight excluding hydrogens is 380 g/mol. The first-order valence-corrected chi connectivity index (χ1v) is 14.3. The Balaban J connectivity index is 3.46. The van der Waals surface area contributed by atoms with E-state index in [9.17, 15) is 9.32 Å². The smallest absolute Gasteiger partial charge is 0.0920 e. The van der Waals surface area contributed by atoms with E-state index in [0.717, 1.165) is 18.6 Å². The van der Waals surface area contributed by atoms with Crippen molar-refractivity contribution in [2.24, 2.45) is 0 Å². The highest BCUT2D eigenvalue weighted by Gasteiger charge is 2.12. The fraction of sp³-hybridized carbons (Fsp3) is 1.00. The number of rotatable bonds is 24. The monoisotopic (exact) mass is 432 g/mol. The van der Waals surface area contributed by atoms with E-state index in [2.05, 4.69) is 13.8 Å². The van der Waals surface area contributed by atoms with Gasteiger partial charge in [-0.3, -0.25) is 4.21 Å². The molecule has 0 aromatic rings. The topological polar surface area (TPSA) is 46.5 Å². The molecule has 0 heterocycles. The molecule has 3 nitrogen and oxygen atoms in total. The molecule has 0 aliphatic carbocycles. The highest BCUT2D eigenvalue weighted by atomic mass is 32.2. The van der Waals surface area contributed by atoms with Gasteiger partial charge in [-0.05, 0) is 12.8 Å². The third-order valence-corrected chi connectivity index (χ3v) is 7.14. The molecule has 0 bridgehead atoms. The molecule has 0 aliphatic heterocycles. The fourth-order valence-electron chi connectivity index (χ4n) is 3.68. The molecule has 0 spiro atoms. The van der Waals surface area contributed by atoms with Gasteiger partial charge in [0.1, 0.15) is 0 Å². The number of hydrogen-bond donors (Lipinski definition) is 1. The standard InChI is InChI=1S/C25H52O3S/c1-3-5-7-9-11-13-15-17-19-21-28-25(23-26)24-29(27)22-20-18-16-14-12-10-8-6-4-2/h25-26H,3-24H2,1-2H3. The van der Waals surface area contributed by atoms with Crippen LogP contribution in [0.25, 0.3) is 0 Å². The van der Waals surface area contributed by atoms with Crippen LogP contribution in [-0.2, 0) is 15.5 Å². The van der Waals surface area contributed by atoms with Crippen LogP contribution in [0, 0.1) is 0 Å². The van der Waals surface area contributed by atoms with Crippen molar-refractivity contribution in [1.82, 2.24) is 0 Å². The highest BCUT2D eigenvalue weighted by Crippen LogP contribution is 2.11. The zero-order valence-electron chi connectivity index (χ0n) is 19.8. The number of aliphatic hydroxyl groups excluding tert-OH is 1. The Morgan fingerprint density at radius 1 is 0.655 bits per heavy atom. The summed E-state index contributed by atoms with van der Waals surface area (Å²) in [5.41, 5.74) is 0. The zero-order valence-corrected chi connectivity index (χ0v) is 20.6. The summed E-state index contributed by atoms with van der Waals surface area (Å²) in [5, 5.41) is 9.49. The molecule has 4 heteroatoms. The molecule has 0 amide bonds. The zero-order chi connectivity index (χ0) is 21.4. The molecular formula is C25H52O3S. The van der Waals surface area contributed by atoms with Crippen LogP contribution in [0.1, 0.15) is 129 Å². The van der Waals surface area contributed by atoms with Gasteiger partial charge in [0.15, 0.2) is 0 Å². The molecule has 0 saturated heterocycles. The van der Waals surface area contributed by atoms with Crippen LogP contribution >= 0.6 is 0 Å². The Morgan fingerprint density at radius 2 is 1.07 bits per heavy atom. The molecule has 0 rings (SSSR count). The van der Waals surface area contributed by atoms with Gasteiger partial charge in [-0.1, -0.05) is 117 Å². The summed E-state index contributed by atoms with van der Waals surface area (Å²) in [7, 11) is -0.861. The van der Waals surface area contributed by atoms with Crippen LogP contribution < -0.4 is 0 Å². The highest BCUT2D eigenvalue weighted by molar-refractivity contribution is 7.85. The number of unbranched alkanes of at least 4 members (excludes halogenated alkanes) is 16. The van der Waals surface area contributed by atoms with Gasteiger partial charge in [-0.2, -0.15) is 0 Å². The van der Waals surface area contributed by atoms with Crippen molar-refractivity contribution in [2.75, 3.05) is 24.7 Å². The summed E-state index contributed by atoms with van der Waals surface area (Å²) in [6.45, 7) is 5.19. The first-order chi connectivity index (χ1) is 14.2. The van der Waals surface area contributed by atoms with Crippen LogP contribution in [0.5, 0.6) is 0 Å². The van der Waals surface area contributed by atoms with Crippen molar-refractivity contribution in [3.05, 3.63) is 0 Å². The molecule has 0 aliphatic rings. The summed E-state index contributed by atoms with van der Waals surface area (Å²) in [6.07, 6.45) is 23.0. The Bertz CT molecular complexity index is 336. The van der Waals surface area contributed by atoms with E-state index in [-0.39, 0.29) is 12.7 Å². The molecule has 2 atom stereocenters. The Labute approximate surface area is 185 Å². The Hall–Kier alpha value is 0.0700. The minimum Gasteiger partial charge on any atom is -0.394 e. The number of hydrogen-bond acceptors (Lipinski definition) is 3. The lowest BCUT2D eigenvalue weighted by Crippen LogP contribution is -2.26. The number of ether oxygens (including phenoxy) is 1. The van der Waals surface area contributed by atoms with Crippen LogP contribution in [0.4, 0.5) is 0 Å². The molecule has 29 heavy (non-hydrogen) atoms. The second kappa shape index (κ2) is 24.3. The predicted molar refractivity (Wildman–Crippen MR) is 129 cm³/mol. The van der Waals surface area contributed by atoms with E-state index >= 15 is 0 Å². The van der Waals surface area contributed by atoms with E-state index in [4.69, 9.17) is 4.74 Å². The summed E-state index contributed by atoms with van der Waals surface area (Å²) >= 11 is 0. The van der Waals surface area contributed by atoms with Gasteiger partial charge in [0, 0.05) is 23.2 Å². The minimum absolute atomic E-state index is 0.0130. The first-order valence-electron chi connectivity index (χ1n) is 12.8. The lowest BCUT2D eigenvalue weighted by Gasteiger charge is -2.15. The molecule has 1 N–H and O–H groups in total. The first kappa shape index (κ1) is 29.1. The quantitative estimate of drug-likeness (QED) is 0.164. The van der Waals surface area contributed by atoms with Crippen molar-refractivity contribution in [3.63, 3.8) is 0 Å². The summed E-state index contributed by atoms with van der Waals surface area (Å²) in [4.78, 5) is 0. The van der Waals surface area contributed by atoms with Gasteiger partial charge >= 0.3 is 0 Å². The summed E-state index contributed by atoms with van der Waals surface area (Å²) < 4.78 is 18.0. The van der Waals surface area contributed by atoms with E-state index in [1.807, 2.05) is 0 Å². The SMILES string of the molecule is CCCCCCCCCCCOC(CO)CS(=O)CCCCCCCCCCC. The molecule has 0 fully saturated rings. The maximum absolute atomic E-state index is 12.2. The fourth-order valence-corrected chi connectivity index (χ4v) is 4.99. The third-order valence-electron chi connectivity index (χ3n) is 5.65. The summed E-state index contributed by atoms with van der Waals surface area (Å²) in [6, 6.07) is 0. The van der Waals surface area contributed by atoms with E-state index < -0.39 is 10.8 Å². The van der Waals surface area contributed by atoms with Gasteiger partial charge in [0.25, 0.3) is 0 Å². The predicted octanol–water partition coefficient (Wildman–Crippen LogP) is 7.17. The molecule has 0 aromatic heterocycles. The normalized spacial score (nSPS) is 13.6. The second-order valence-electron chi connectivity index (χ2n) is 8.64. The van der Waals surface area contributed by atoms with Crippen molar-refractivity contribution in [2.45, 2.75) is 136 Å². The second-order valence-corrected chi connectivity index (χ2v) is 10.3. The van der Waals surface area contributed by atoms with Crippen molar-refractivity contribution < 1.29 is 14.1 Å². The van der Waals surface area contributed by atoms with Crippen LogP contribution in [0.3, 0.4) is 0 Å². The van der Waals surface area contributed by atoms with E-state index in [1.54, 1.807) is 0 Å². The van der Waals surface area contributed by atoms with Crippen LogP contribution in [0.2, 0.25) is 0 Å². The van der Waals surface area contributed by atoms with Gasteiger partial charge in [0.05, 0.1) is 18.5 Å². The van der Waals surface area contributed by atoms with Crippen molar-refractivity contribution >= 4 is 10.8 Å². The Morgan fingerprint density at radius 3 is 1.52 bits per heavy atom. The van der Waals surface area contributed by atoms with Crippen LogP contribution in [-0.4, -0.2) is 40.1 Å². The third kappa shape index (κ3) is 22.6. The van der Waals surface area contributed by atoms with Gasteiger partial charge in [-0.15, -0.1) is 0 Å². The average Bonchev–Trinajstić information content (AvgIpc) is 2.73. The van der Waals surface area contributed by atoms with E-state index in [0.29, 0.717) is 12.4 Å².